The maximum Gasteiger partial charge on any atom is 0.311 e. The molecule has 1 aliphatic rings. The average Bonchev–Trinajstić information content (AvgIpc) is 2.72. The molecule has 2 rings (SSSR count). The molecule has 0 radical (unpaired) electrons. The van der Waals surface area contributed by atoms with Gasteiger partial charge in [-0.25, -0.2) is 8.42 Å². The molecule has 1 aromatic rings. The second-order valence-corrected chi connectivity index (χ2v) is 8.43. The lowest BCUT2D eigenvalue weighted by Crippen LogP contribution is -2.34. The van der Waals surface area contributed by atoms with Crippen LogP contribution in [0.2, 0.25) is 0 Å². The molecule has 1 aliphatic heterocycles. The van der Waals surface area contributed by atoms with E-state index in [1.807, 2.05) is 11.4 Å². The SMILES string of the molecule is O=C(O)C1(Cc2cc(Br)cs2)CCS(=O)(=O)C1. The third-order valence-electron chi connectivity index (χ3n) is 2.98. The van der Waals surface area contributed by atoms with Gasteiger partial charge in [0.1, 0.15) is 0 Å². The third kappa shape index (κ3) is 2.71. The first-order valence-electron chi connectivity index (χ1n) is 5.00. The van der Waals surface area contributed by atoms with Crippen molar-refractivity contribution in [2.75, 3.05) is 11.5 Å². The lowest BCUT2D eigenvalue weighted by Gasteiger charge is -2.21. The summed E-state index contributed by atoms with van der Waals surface area (Å²) in [5, 5.41) is 11.2. The Morgan fingerprint density at radius 1 is 1.59 bits per heavy atom. The summed E-state index contributed by atoms with van der Waals surface area (Å²) >= 11 is 4.75. The van der Waals surface area contributed by atoms with Gasteiger partial charge in [0.2, 0.25) is 0 Å². The molecule has 0 amide bonds. The van der Waals surface area contributed by atoms with E-state index in [4.69, 9.17) is 0 Å². The van der Waals surface area contributed by atoms with Crippen LogP contribution in [0.25, 0.3) is 0 Å². The van der Waals surface area contributed by atoms with Gasteiger partial charge in [0.15, 0.2) is 9.84 Å². The molecule has 1 atom stereocenters. The third-order valence-corrected chi connectivity index (χ3v) is 6.49. The molecule has 0 aliphatic carbocycles. The monoisotopic (exact) mass is 338 g/mol. The number of carboxylic acid groups (broad SMARTS) is 1. The predicted octanol–water partition coefficient (Wildman–Crippen LogP) is 1.94. The van der Waals surface area contributed by atoms with E-state index in [1.54, 1.807) is 0 Å². The van der Waals surface area contributed by atoms with E-state index in [9.17, 15) is 18.3 Å². The van der Waals surface area contributed by atoms with Crippen LogP contribution in [0.1, 0.15) is 11.3 Å². The Kier molecular flexibility index (Phi) is 3.35. The molecule has 0 bridgehead atoms. The first kappa shape index (κ1) is 13.0. The fraction of sp³-hybridized carbons (Fsp3) is 0.500. The Hall–Kier alpha value is -0.400. The smallest absolute Gasteiger partial charge is 0.311 e. The van der Waals surface area contributed by atoms with Crippen LogP contribution in [0.3, 0.4) is 0 Å². The molecule has 1 saturated heterocycles. The van der Waals surface area contributed by atoms with Crippen LogP contribution in [-0.2, 0) is 21.1 Å². The molecule has 0 spiro atoms. The van der Waals surface area contributed by atoms with Crippen LogP contribution in [-0.4, -0.2) is 31.0 Å². The van der Waals surface area contributed by atoms with Crippen LogP contribution in [0, 0.1) is 5.41 Å². The molecular formula is C10H11BrO4S2. The van der Waals surface area contributed by atoms with Crippen molar-refractivity contribution < 1.29 is 18.3 Å². The van der Waals surface area contributed by atoms with Gasteiger partial charge < -0.3 is 5.11 Å². The number of halogens is 1. The van der Waals surface area contributed by atoms with Crippen molar-refractivity contribution >= 4 is 43.1 Å². The summed E-state index contributed by atoms with van der Waals surface area (Å²) in [4.78, 5) is 12.3. The number of aliphatic carboxylic acids is 1. The van der Waals surface area contributed by atoms with Gasteiger partial charge in [-0.1, -0.05) is 0 Å². The van der Waals surface area contributed by atoms with Crippen molar-refractivity contribution in [2.45, 2.75) is 12.8 Å². The Morgan fingerprint density at radius 2 is 2.29 bits per heavy atom. The molecule has 17 heavy (non-hydrogen) atoms. The molecule has 7 heteroatoms. The van der Waals surface area contributed by atoms with Gasteiger partial charge in [0.05, 0.1) is 16.9 Å². The standard InChI is InChI=1S/C10H11BrO4S2/c11-7-3-8(16-5-7)4-10(9(12)13)1-2-17(14,15)6-10/h3,5H,1-2,4,6H2,(H,12,13). The number of carboxylic acids is 1. The highest BCUT2D eigenvalue weighted by Crippen LogP contribution is 2.38. The van der Waals surface area contributed by atoms with Crippen molar-refractivity contribution in [3.8, 4) is 0 Å². The van der Waals surface area contributed by atoms with E-state index in [0.717, 1.165) is 9.35 Å². The Bertz CT molecular complexity index is 548. The van der Waals surface area contributed by atoms with E-state index in [1.165, 1.54) is 11.3 Å². The zero-order chi connectivity index (χ0) is 12.7. The summed E-state index contributed by atoms with van der Waals surface area (Å²) in [6, 6.07) is 1.85. The van der Waals surface area contributed by atoms with Crippen molar-refractivity contribution in [3.05, 3.63) is 20.8 Å². The minimum atomic E-state index is -3.20. The number of rotatable bonds is 3. The second-order valence-electron chi connectivity index (χ2n) is 4.34. The topological polar surface area (TPSA) is 71.4 Å². The number of sulfone groups is 1. The molecule has 1 unspecified atom stereocenters. The lowest BCUT2D eigenvalue weighted by molar-refractivity contribution is -0.147. The lowest BCUT2D eigenvalue weighted by atomic mass is 9.83. The summed E-state index contributed by atoms with van der Waals surface area (Å²) < 4.78 is 23.9. The number of carbonyl (C=O) groups is 1. The Morgan fingerprint density at radius 3 is 2.71 bits per heavy atom. The quantitative estimate of drug-likeness (QED) is 0.914. The predicted molar refractivity (Wildman–Crippen MR) is 69.1 cm³/mol. The molecule has 1 N–H and O–H groups in total. The maximum absolute atomic E-state index is 11.5. The number of hydrogen-bond acceptors (Lipinski definition) is 4. The highest BCUT2D eigenvalue weighted by molar-refractivity contribution is 9.10. The first-order valence-corrected chi connectivity index (χ1v) is 8.49. The van der Waals surface area contributed by atoms with Gasteiger partial charge in [0.25, 0.3) is 0 Å². The summed E-state index contributed by atoms with van der Waals surface area (Å²) in [6.45, 7) is 0. The summed E-state index contributed by atoms with van der Waals surface area (Å²) in [5.74, 6) is -1.28. The van der Waals surface area contributed by atoms with Crippen LogP contribution < -0.4 is 0 Å². The van der Waals surface area contributed by atoms with Crippen molar-refractivity contribution in [1.29, 1.82) is 0 Å². The van der Waals surface area contributed by atoms with Gasteiger partial charge in [-0.05, 0) is 34.8 Å². The van der Waals surface area contributed by atoms with E-state index < -0.39 is 21.2 Å². The van der Waals surface area contributed by atoms with E-state index >= 15 is 0 Å². The normalized spacial score (nSPS) is 27.1. The minimum absolute atomic E-state index is 0.0220. The van der Waals surface area contributed by atoms with Crippen LogP contribution in [0.15, 0.2) is 15.9 Å². The van der Waals surface area contributed by atoms with Crippen molar-refractivity contribution in [2.24, 2.45) is 5.41 Å². The summed E-state index contributed by atoms with van der Waals surface area (Å²) in [6.07, 6.45) is 0.498. The second kappa shape index (κ2) is 4.37. The van der Waals surface area contributed by atoms with Crippen LogP contribution in [0.5, 0.6) is 0 Å². The van der Waals surface area contributed by atoms with Crippen LogP contribution >= 0.6 is 27.3 Å². The van der Waals surface area contributed by atoms with Gasteiger partial charge in [-0.15, -0.1) is 11.3 Å². The van der Waals surface area contributed by atoms with Gasteiger partial charge >= 0.3 is 5.97 Å². The van der Waals surface area contributed by atoms with Crippen molar-refractivity contribution in [1.82, 2.24) is 0 Å². The first-order chi connectivity index (χ1) is 7.83. The Labute approximate surface area is 112 Å². The van der Waals surface area contributed by atoms with Crippen molar-refractivity contribution in [3.63, 3.8) is 0 Å². The largest absolute Gasteiger partial charge is 0.481 e. The molecule has 94 valence electrons. The minimum Gasteiger partial charge on any atom is -0.481 e. The van der Waals surface area contributed by atoms with E-state index in [-0.39, 0.29) is 24.3 Å². The Balaban J connectivity index is 2.28. The molecule has 1 fully saturated rings. The van der Waals surface area contributed by atoms with E-state index in [0.29, 0.717) is 0 Å². The molecule has 2 heterocycles. The summed E-state index contributed by atoms with van der Waals surface area (Å²) in [7, 11) is -3.20. The van der Waals surface area contributed by atoms with Gasteiger partial charge in [-0.3, -0.25) is 4.79 Å². The number of hydrogen-bond donors (Lipinski definition) is 1. The molecule has 4 nitrogen and oxygen atoms in total. The fourth-order valence-electron chi connectivity index (χ4n) is 2.08. The van der Waals surface area contributed by atoms with Crippen LogP contribution in [0.4, 0.5) is 0 Å². The molecule has 0 aromatic carbocycles. The molecule has 1 aromatic heterocycles. The number of thiophene rings is 1. The molecule has 0 saturated carbocycles. The zero-order valence-corrected chi connectivity index (χ0v) is 12.1. The van der Waals surface area contributed by atoms with Gasteiger partial charge in [0, 0.05) is 14.7 Å². The van der Waals surface area contributed by atoms with E-state index in [2.05, 4.69) is 15.9 Å². The average molecular weight is 339 g/mol. The fourth-order valence-corrected chi connectivity index (χ4v) is 5.73. The molecular weight excluding hydrogens is 328 g/mol. The maximum atomic E-state index is 11.5. The zero-order valence-electron chi connectivity index (χ0n) is 8.85. The highest BCUT2D eigenvalue weighted by atomic mass is 79.9. The summed E-state index contributed by atoms with van der Waals surface area (Å²) in [5.41, 5.74) is -1.14. The highest BCUT2D eigenvalue weighted by Gasteiger charge is 2.48. The van der Waals surface area contributed by atoms with Gasteiger partial charge in [-0.2, -0.15) is 0 Å².